The lowest BCUT2D eigenvalue weighted by atomic mass is 10.1. The summed E-state index contributed by atoms with van der Waals surface area (Å²) >= 11 is 1.53. The third-order valence-corrected chi connectivity index (χ3v) is 5.97. The molecule has 3 heterocycles. The van der Waals surface area contributed by atoms with E-state index in [1.54, 1.807) is 6.20 Å². The van der Waals surface area contributed by atoms with E-state index in [1.165, 1.54) is 11.3 Å². The zero-order chi connectivity index (χ0) is 21.1. The molecular formula is C22H24N4O3S. The quantitative estimate of drug-likeness (QED) is 0.682. The van der Waals surface area contributed by atoms with Gasteiger partial charge in [0, 0.05) is 41.7 Å². The van der Waals surface area contributed by atoms with Gasteiger partial charge in [-0.25, -0.2) is 4.98 Å². The lowest BCUT2D eigenvalue weighted by Crippen LogP contribution is -2.41. The Morgan fingerprint density at radius 3 is 2.57 bits per heavy atom. The first-order chi connectivity index (χ1) is 14.5. The second-order valence-corrected chi connectivity index (χ2v) is 8.13. The van der Waals surface area contributed by atoms with E-state index in [-0.39, 0.29) is 11.8 Å². The minimum absolute atomic E-state index is 0.102. The van der Waals surface area contributed by atoms with Crippen LogP contribution in [-0.4, -0.2) is 52.6 Å². The van der Waals surface area contributed by atoms with Gasteiger partial charge in [0.1, 0.15) is 0 Å². The summed E-state index contributed by atoms with van der Waals surface area (Å²) < 4.78 is 7.27. The summed E-state index contributed by atoms with van der Waals surface area (Å²) in [6, 6.07) is 9.31. The summed E-state index contributed by atoms with van der Waals surface area (Å²) in [5.74, 6) is -0.0623. The molecule has 3 aromatic rings. The molecule has 1 aliphatic rings. The van der Waals surface area contributed by atoms with Gasteiger partial charge in [-0.1, -0.05) is 12.1 Å². The van der Waals surface area contributed by atoms with Crippen LogP contribution in [0.2, 0.25) is 0 Å². The van der Waals surface area contributed by atoms with Crippen LogP contribution < -0.4 is 5.32 Å². The third-order valence-electron chi connectivity index (χ3n) is 5.22. The molecule has 156 valence electrons. The molecule has 1 N–H and O–H groups in total. The lowest BCUT2D eigenvalue weighted by Gasteiger charge is -2.26. The van der Waals surface area contributed by atoms with Gasteiger partial charge in [0.2, 0.25) is 5.91 Å². The highest BCUT2D eigenvalue weighted by atomic mass is 32.1. The monoisotopic (exact) mass is 424 g/mol. The fraction of sp³-hybridized carbons (Fsp3) is 0.318. The number of aromatic nitrogens is 2. The van der Waals surface area contributed by atoms with Crippen molar-refractivity contribution in [2.45, 2.75) is 20.3 Å². The molecule has 7 nitrogen and oxygen atoms in total. The van der Waals surface area contributed by atoms with E-state index in [0.717, 1.165) is 22.1 Å². The van der Waals surface area contributed by atoms with E-state index >= 15 is 0 Å². The number of hydrogen-bond acceptors (Lipinski definition) is 5. The Labute approximate surface area is 179 Å². The molecule has 0 saturated carbocycles. The molecule has 0 aliphatic carbocycles. The van der Waals surface area contributed by atoms with Crippen LogP contribution in [0.3, 0.4) is 0 Å². The molecule has 8 heteroatoms. The largest absolute Gasteiger partial charge is 0.378 e. The van der Waals surface area contributed by atoms with Crippen LogP contribution >= 0.6 is 11.3 Å². The molecule has 2 aromatic heterocycles. The van der Waals surface area contributed by atoms with E-state index in [1.807, 2.05) is 59.0 Å². The molecule has 2 amide bonds. The maximum absolute atomic E-state index is 12.8. The minimum Gasteiger partial charge on any atom is -0.378 e. The number of carbonyl (C=O) groups excluding carboxylic acids is 2. The maximum atomic E-state index is 12.8. The smallest absolute Gasteiger partial charge is 0.257 e. The Kier molecular flexibility index (Phi) is 5.96. The standard InChI is InChI=1S/C22H24N4O3S/c1-15-13-19(16(2)26(15)22-23-7-12-30-22)21(28)24-18-5-3-17(4-6-18)14-20(27)25-8-10-29-11-9-25/h3-7,12-13H,8-11,14H2,1-2H3,(H,24,28). The van der Waals surface area contributed by atoms with Crippen LogP contribution in [0.5, 0.6) is 0 Å². The summed E-state index contributed by atoms with van der Waals surface area (Å²) in [5, 5.41) is 5.71. The van der Waals surface area contributed by atoms with Crippen molar-refractivity contribution in [2.75, 3.05) is 31.6 Å². The van der Waals surface area contributed by atoms with Gasteiger partial charge < -0.3 is 15.0 Å². The van der Waals surface area contributed by atoms with Crippen LogP contribution in [-0.2, 0) is 16.0 Å². The van der Waals surface area contributed by atoms with E-state index in [0.29, 0.717) is 44.0 Å². The van der Waals surface area contributed by atoms with Crippen molar-refractivity contribution < 1.29 is 14.3 Å². The van der Waals surface area contributed by atoms with E-state index < -0.39 is 0 Å². The van der Waals surface area contributed by atoms with Crippen LogP contribution in [0.25, 0.3) is 5.13 Å². The SMILES string of the molecule is Cc1cc(C(=O)Nc2ccc(CC(=O)N3CCOCC3)cc2)c(C)n1-c1nccs1. The first kappa shape index (κ1) is 20.3. The predicted octanol–water partition coefficient (Wildman–Crippen LogP) is 3.20. The van der Waals surface area contributed by atoms with Crippen molar-refractivity contribution in [3.8, 4) is 5.13 Å². The molecule has 1 saturated heterocycles. The predicted molar refractivity (Wildman–Crippen MR) is 116 cm³/mol. The number of aryl methyl sites for hydroxylation is 1. The van der Waals surface area contributed by atoms with Gasteiger partial charge in [0.05, 0.1) is 25.2 Å². The average molecular weight is 425 g/mol. The summed E-state index contributed by atoms with van der Waals surface area (Å²) in [6.45, 7) is 6.37. The molecular weight excluding hydrogens is 400 g/mol. The van der Waals surface area contributed by atoms with Crippen molar-refractivity contribution in [3.63, 3.8) is 0 Å². The Hall–Kier alpha value is -2.97. The second-order valence-electron chi connectivity index (χ2n) is 7.26. The topological polar surface area (TPSA) is 76.5 Å². The number of nitrogens with one attached hydrogen (secondary N) is 1. The number of morpholine rings is 1. The molecule has 1 aromatic carbocycles. The second kappa shape index (κ2) is 8.81. The van der Waals surface area contributed by atoms with Crippen molar-refractivity contribution >= 4 is 28.8 Å². The van der Waals surface area contributed by atoms with E-state index in [4.69, 9.17) is 4.74 Å². The van der Waals surface area contributed by atoms with Gasteiger partial charge in [-0.2, -0.15) is 0 Å². The maximum Gasteiger partial charge on any atom is 0.257 e. The Bertz CT molecular complexity index is 1040. The van der Waals surface area contributed by atoms with Crippen LogP contribution in [0.1, 0.15) is 27.3 Å². The van der Waals surface area contributed by atoms with Gasteiger partial charge in [0.15, 0.2) is 5.13 Å². The number of amides is 2. The first-order valence-electron chi connectivity index (χ1n) is 9.87. The van der Waals surface area contributed by atoms with Gasteiger partial charge >= 0.3 is 0 Å². The van der Waals surface area contributed by atoms with Gasteiger partial charge in [-0.3, -0.25) is 14.2 Å². The number of anilines is 1. The molecule has 0 spiro atoms. The highest BCUT2D eigenvalue weighted by molar-refractivity contribution is 7.12. The Morgan fingerprint density at radius 1 is 1.17 bits per heavy atom. The third kappa shape index (κ3) is 4.29. The molecule has 30 heavy (non-hydrogen) atoms. The van der Waals surface area contributed by atoms with Crippen LogP contribution in [0.15, 0.2) is 41.9 Å². The number of carbonyl (C=O) groups is 2. The fourth-order valence-corrected chi connectivity index (χ4v) is 4.37. The molecule has 0 unspecified atom stereocenters. The van der Waals surface area contributed by atoms with Crippen LogP contribution in [0, 0.1) is 13.8 Å². The summed E-state index contributed by atoms with van der Waals surface area (Å²) in [5.41, 5.74) is 4.06. The molecule has 0 atom stereocenters. The zero-order valence-electron chi connectivity index (χ0n) is 17.1. The fourth-order valence-electron chi connectivity index (χ4n) is 3.62. The summed E-state index contributed by atoms with van der Waals surface area (Å²) in [7, 11) is 0. The van der Waals surface area contributed by atoms with Crippen molar-refractivity contribution in [3.05, 3.63) is 64.4 Å². The van der Waals surface area contributed by atoms with Crippen molar-refractivity contribution in [1.82, 2.24) is 14.5 Å². The Morgan fingerprint density at radius 2 is 1.90 bits per heavy atom. The van der Waals surface area contributed by atoms with Gasteiger partial charge in [0.25, 0.3) is 5.91 Å². The minimum atomic E-state index is -0.164. The van der Waals surface area contributed by atoms with E-state index in [2.05, 4.69) is 10.3 Å². The van der Waals surface area contributed by atoms with Crippen molar-refractivity contribution in [2.24, 2.45) is 0 Å². The van der Waals surface area contributed by atoms with Crippen molar-refractivity contribution in [1.29, 1.82) is 0 Å². The number of rotatable bonds is 5. The highest BCUT2D eigenvalue weighted by Crippen LogP contribution is 2.23. The van der Waals surface area contributed by atoms with Gasteiger partial charge in [-0.05, 0) is 37.6 Å². The number of hydrogen-bond donors (Lipinski definition) is 1. The van der Waals surface area contributed by atoms with E-state index in [9.17, 15) is 9.59 Å². The van der Waals surface area contributed by atoms with Gasteiger partial charge in [-0.15, -0.1) is 11.3 Å². The van der Waals surface area contributed by atoms with Crippen LogP contribution in [0.4, 0.5) is 5.69 Å². The first-order valence-corrected chi connectivity index (χ1v) is 10.8. The number of nitrogens with zero attached hydrogens (tertiary/aromatic N) is 3. The normalized spacial score (nSPS) is 14.0. The summed E-state index contributed by atoms with van der Waals surface area (Å²) in [6.07, 6.45) is 2.10. The molecule has 0 radical (unpaired) electrons. The lowest BCUT2D eigenvalue weighted by molar-refractivity contribution is -0.134. The average Bonchev–Trinajstić information content (AvgIpc) is 3.37. The molecule has 0 bridgehead atoms. The molecule has 1 fully saturated rings. The number of ether oxygens (including phenoxy) is 1. The molecule has 4 rings (SSSR count). The highest BCUT2D eigenvalue weighted by Gasteiger charge is 2.19. The number of thiazole rings is 1. The molecule has 1 aliphatic heterocycles. The Balaban J connectivity index is 1.42. The summed E-state index contributed by atoms with van der Waals surface area (Å²) in [4.78, 5) is 31.4. The number of benzene rings is 1. The zero-order valence-corrected chi connectivity index (χ0v) is 17.9.